The molecule has 0 heterocycles. The van der Waals surface area contributed by atoms with Crippen molar-refractivity contribution in [3.63, 3.8) is 0 Å². The smallest absolute Gasteiger partial charge is 0.269 e. The van der Waals surface area contributed by atoms with Gasteiger partial charge in [-0.2, -0.15) is 0 Å². The standard InChI is InChI=1S/C20H19N3O6S2/c21-16-3-9-19(10-4-16)30(26,27)18-7-1-15(2-8-18)13-14-22-31(28,29)20-11-5-17(6-12-20)23(24)25/h1-12,22H,13-14,21H2. The van der Waals surface area contributed by atoms with E-state index in [-0.39, 0.29) is 26.9 Å². The molecule has 162 valence electrons. The number of nitrogens with zero attached hydrogens (tertiary/aromatic N) is 1. The number of nitro groups is 1. The summed E-state index contributed by atoms with van der Waals surface area (Å²) in [4.78, 5) is 10.2. The van der Waals surface area contributed by atoms with Crippen molar-refractivity contribution >= 4 is 31.2 Å². The molecule has 0 bridgehead atoms. The first-order valence-electron chi connectivity index (χ1n) is 9.03. The van der Waals surface area contributed by atoms with E-state index in [1.54, 1.807) is 12.1 Å². The number of benzene rings is 3. The zero-order valence-corrected chi connectivity index (χ0v) is 17.8. The highest BCUT2D eigenvalue weighted by Gasteiger charge is 2.18. The van der Waals surface area contributed by atoms with E-state index in [0.29, 0.717) is 12.1 Å². The van der Waals surface area contributed by atoms with Gasteiger partial charge in [0.2, 0.25) is 19.9 Å². The average Bonchev–Trinajstić information content (AvgIpc) is 2.74. The summed E-state index contributed by atoms with van der Waals surface area (Å²) in [5.74, 6) is 0. The zero-order valence-electron chi connectivity index (χ0n) is 16.1. The summed E-state index contributed by atoms with van der Waals surface area (Å²) in [5.41, 5.74) is 6.59. The molecular formula is C20H19N3O6S2. The quantitative estimate of drug-likeness (QED) is 0.297. The van der Waals surface area contributed by atoms with Gasteiger partial charge in [-0.15, -0.1) is 0 Å². The molecule has 0 saturated carbocycles. The Bertz CT molecular complexity index is 1290. The van der Waals surface area contributed by atoms with Crippen molar-refractivity contribution in [2.75, 3.05) is 12.3 Å². The number of sulfone groups is 1. The predicted molar refractivity (Wildman–Crippen MR) is 115 cm³/mol. The number of nitrogen functional groups attached to an aromatic ring is 1. The molecule has 3 rings (SSSR count). The van der Waals surface area contributed by atoms with Crippen LogP contribution >= 0.6 is 0 Å². The van der Waals surface area contributed by atoms with Crippen LogP contribution in [0.2, 0.25) is 0 Å². The normalized spacial score (nSPS) is 11.9. The molecule has 0 radical (unpaired) electrons. The molecule has 3 aromatic rings. The second-order valence-corrected chi connectivity index (χ2v) is 10.3. The molecule has 0 amide bonds. The van der Waals surface area contributed by atoms with Gasteiger partial charge in [-0.25, -0.2) is 21.6 Å². The van der Waals surface area contributed by atoms with Crippen molar-refractivity contribution in [3.8, 4) is 0 Å². The van der Waals surface area contributed by atoms with Crippen LogP contribution in [0.15, 0.2) is 87.5 Å². The fraction of sp³-hybridized carbons (Fsp3) is 0.100. The van der Waals surface area contributed by atoms with E-state index < -0.39 is 24.8 Å². The number of nitrogens with one attached hydrogen (secondary N) is 1. The van der Waals surface area contributed by atoms with E-state index in [1.165, 1.54) is 36.4 Å². The fourth-order valence-corrected chi connectivity index (χ4v) is 5.07. The highest BCUT2D eigenvalue weighted by Crippen LogP contribution is 2.22. The van der Waals surface area contributed by atoms with Gasteiger partial charge in [0, 0.05) is 24.4 Å². The van der Waals surface area contributed by atoms with Crippen LogP contribution in [0.5, 0.6) is 0 Å². The molecule has 0 saturated heterocycles. The van der Waals surface area contributed by atoms with Crippen molar-refractivity contribution in [2.45, 2.75) is 21.1 Å². The Morgan fingerprint density at radius 1 is 0.774 bits per heavy atom. The molecule has 31 heavy (non-hydrogen) atoms. The van der Waals surface area contributed by atoms with Crippen LogP contribution in [-0.2, 0) is 26.3 Å². The van der Waals surface area contributed by atoms with Gasteiger partial charge in [-0.1, -0.05) is 12.1 Å². The van der Waals surface area contributed by atoms with Crippen LogP contribution in [0, 0.1) is 10.1 Å². The summed E-state index contributed by atoms with van der Waals surface area (Å²) in [7, 11) is -7.50. The topological polar surface area (TPSA) is 149 Å². The highest BCUT2D eigenvalue weighted by molar-refractivity contribution is 7.91. The number of hydrogen-bond donors (Lipinski definition) is 2. The summed E-state index contributed by atoms with van der Waals surface area (Å²) in [5, 5.41) is 10.7. The zero-order chi connectivity index (χ0) is 22.6. The van der Waals surface area contributed by atoms with Crippen LogP contribution < -0.4 is 10.5 Å². The van der Waals surface area contributed by atoms with Crippen LogP contribution in [0.3, 0.4) is 0 Å². The number of nitrogens with two attached hydrogens (primary N) is 1. The molecule has 0 aliphatic rings. The third kappa shape index (κ3) is 5.26. The number of sulfonamides is 1. The maximum atomic E-state index is 12.7. The first-order valence-corrected chi connectivity index (χ1v) is 12.0. The number of anilines is 1. The number of rotatable bonds is 8. The Labute approximate surface area is 179 Å². The minimum atomic E-state index is -3.82. The largest absolute Gasteiger partial charge is 0.399 e. The predicted octanol–water partition coefficient (Wildman–Crippen LogP) is 2.53. The second kappa shape index (κ2) is 8.84. The maximum Gasteiger partial charge on any atom is 0.269 e. The van der Waals surface area contributed by atoms with E-state index >= 15 is 0 Å². The molecule has 0 spiro atoms. The lowest BCUT2D eigenvalue weighted by atomic mass is 10.2. The van der Waals surface area contributed by atoms with Gasteiger partial charge < -0.3 is 5.73 Å². The van der Waals surface area contributed by atoms with Gasteiger partial charge >= 0.3 is 0 Å². The minimum absolute atomic E-state index is 0.0728. The third-order valence-corrected chi connectivity index (χ3v) is 7.75. The van der Waals surface area contributed by atoms with Gasteiger partial charge in [-0.3, -0.25) is 10.1 Å². The second-order valence-electron chi connectivity index (χ2n) is 6.62. The van der Waals surface area contributed by atoms with E-state index in [2.05, 4.69) is 4.72 Å². The summed E-state index contributed by atoms with van der Waals surface area (Å²) in [6.45, 7) is 0.0728. The first-order chi connectivity index (χ1) is 14.6. The van der Waals surface area contributed by atoms with Crippen LogP contribution in [0.25, 0.3) is 0 Å². The molecule has 0 atom stereocenters. The van der Waals surface area contributed by atoms with Crippen LogP contribution in [0.1, 0.15) is 5.56 Å². The Kier molecular flexibility index (Phi) is 6.39. The number of hydrogen-bond acceptors (Lipinski definition) is 7. The maximum absolute atomic E-state index is 12.7. The monoisotopic (exact) mass is 461 g/mol. The van der Waals surface area contributed by atoms with Gasteiger partial charge in [0.05, 0.1) is 19.6 Å². The van der Waals surface area contributed by atoms with E-state index in [1.807, 2.05) is 0 Å². The van der Waals surface area contributed by atoms with Crippen molar-refractivity contribution in [2.24, 2.45) is 0 Å². The minimum Gasteiger partial charge on any atom is -0.399 e. The average molecular weight is 462 g/mol. The van der Waals surface area contributed by atoms with E-state index in [4.69, 9.17) is 5.73 Å². The molecular weight excluding hydrogens is 442 g/mol. The summed E-state index contributed by atoms with van der Waals surface area (Å²) >= 11 is 0. The van der Waals surface area contributed by atoms with Gasteiger partial charge in [0.25, 0.3) is 5.69 Å². The van der Waals surface area contributed by atoms with E-state index in [0.717, 1.165) is 29.8 Å². The Morgan fingerprint density at radius 2 is 1.26 bits per heavy atom. The molecule has 3 N–H and O–H groups in total. The lowest BCUT2D eigenvalue weighted by Crippen LogP contribution is -2.26. The summed E-state index contributed by atoms with van der Waals surface area (Å²) < 4.78 is 52.3. The van der Waals surface area contributed by atoms with E-state index in [9.17, 15) is 26.9 Å². The first kappa shape index (κ1) is 22.4. The summed E-state index contributed by atoms with van der Waals surface area (Å²) in [6.07, 6.45) is 0.328. The molecule has 3 aromatic carbocycles. The fourth-order valence-electron chi connectivity index (χ4n) is 2.78. The molecule has 11 heteroatoms. The number of nitro benzene ring substituents is 1. The van der Waals surface area contributed by atoms with Crippen LogP contribution in [-0.4, -0.2) is 28.3 Å². The highest BCUT2D eigenvalue weighted by atomic mass is 32.2. The lowest BCUT2D eigenvalue weighted by molar-refractivity contribution is -0.384. The van der Waals surface area contributed by atoms with Crippen molar-refractivity contribution in [1.82, 2.24) is 4.72 Å². The van der Waals surface area contributed by atoms with Crippen molar-refractivity contribution in [3.05, 3.63) is 88.5 Å². The van der Waals surface area contributed by atoms with Gasteiger partial charge in [0.15, 0.2) is 0 Å². The molecule has 0 aliphatic carbocycles. The lowest BCUT2D eigenvalue weighted by Gasteiger charge is -2.08. The molecule has 0 fully saturated rings. The third-order valence-electron chi connectivity index (χ3n) is 4.49. The van der Waals surface area contributed by atoms with Gasteiger partial charge in [-0.05, 0) is 60.5 Å². The van der Waals surface area contributed by atoms with Gasteiger partial charge in [0.1, 0.15) is 0 Å². The molecule has 0 unspecified atom stereocenters. The van der Waals surface area contributed by atoms with Crippen molar-refractivity contribution < 1.29 is 21.8 Å². The summed E-state index contributed by atoms with van der Waals surface area (Å²) in [6, 6.07) is 16.6. The molecule has 9 nitrogen and oxygen atoms in total. The molecule has 0 aromatic heterocycles. The molecule has 0 aliphatic heterocycles. The Hall–Kier alpha value is -3.28. The SMILES string of the molecule is Nc1ccc(S(=O)(=O)c2ccc(CCNS(=O)(=O)c3ccc([N+](=O)[O-])cc3)cc2)cc1. The Morgan fingerprint density at radius 3 is 1.77 bits per heavy atom. The van der Waals surface area contributed by atoms with Crippen molar-refractivity contribution in [1.29, 1.82) is 0 Å². The number of non-ortho nitro benzene ring substituents is 1. The Balaban J connectivity index is 1.64. The van der Waals surface area contributed by atoms with Crippen LogP contribution in [0.4, 0.5) is 11.4 Å².